The van der Waals surface area contributed by atoms with Crippen molar-refractivity contribution in [2.45, 2.75) is 18.8 Å². The Labute approximate surface area is 135 Å². The SMILES string of the molecule is COc1cc2oc(C)cc(=O)c2c(O)c1CSC[C@@H](O)C(=O)O. The first-order chi connectivity index (χ1) is 10.8. The molecule has 0 aliphatic carbocycles. The van der Waals surface area contributed by atoms with Gasteiger partial charge in [0.05, 0.1) is 7.11 Å². The minimum atomic E-state index is -1.50. The lowest BCUT2D eigenvalue weighted by molar-refractivity contribution is -0.145. The van der Waals surface area contributed by atoms with Gasteiger partial charge in [0, 0.05) is 29.2 Å². The topological polar surface area (TPSA) is 117 Å². The Morgan fingerprint density at radius 3 is 2.74 bits per heavy atom. The van der Waals surface area contributed by atoms with Gasteiger partial charge >= 0.3 is 5.97 Å². The van der Waals surface area contributed by atoms with Crippen molar-refractivity contribution < 1.29 is 29.3 Å². The molecule has 23 heavy (non-hydrogen) atoms. The second-order valence-corrected chi connectivity index (χ2v) is 5.90. The second-order valence-electron chi connectivity index (χ2n) is 4.87. The van der Waals surface area contributed by atoms with Crippen molar-refractivity contribution in [2.24, 2.45) is 0 Å². The molecule has 0 saturated heterocycles. The summed E-state index contributed by atoms with van der Waals surface area (Å²) in [5.41, 5.74) is 0.183. The molecule has 0 aliphatic heterocycles. The standard InChI is InChI=1S/C15H16O7S/c1-7-3-9(16)13-12(22-7)4-11(21-2)8(14(13)18)5-23-6-10(17)15(19)20/h3-4,10,17-18H,5-6H2,1-2H3,(H,19,20)/t10-/m1/s1. The molecule has 0 saturated carbocycles. The molecule has 0 aliphatic rings. The van der Waals surface area contributed by atoms with E-state index in [4.69, 9.17) is 14.3 Å². The number of aliphatic hydroxyl groups excluding tert-OH is 1. The number of aryl methyl sites for hydroxylation is 1. The van der Waals surface area contributed by atoms with E-state index in [9.17, 15) is 19.8 Å². The summed E-state index contributed by atoms with van der Waals surface area (Å²) in [5.74, 6) is -0.730. The number of hydrogen-bond donors (Lipinski definition) is 3. The minimum absolute atomic E-state index is 0.0470. The number of rotatable bonds is 6. The van der Waals surface area contributed by atoms with Crippen molar-refractivity contribution in [1.82, 2.24) is 0 Å². The van der Waals surface area contributed by atoms with Gasteiger partial charge < -0.3 is 24.5 Å². The Bertz CT molecular complexity index is 796. The molecule has 0 spiro atoms. The van der Waals surface area contributed by atoms with Crippen LogP contribution in [0.1, 0.15) is 11.3 Å². The first kappa shape index (κ1) is 17.2. The number of thioether (sulfide) groups is 1. The van der Waals surface area contributed by atoms with Crippen LogP contribution in [0.4, 0.5) is 0 Å². The number of carboxylic acid groups (broad SMARTS) is 1. The monoisotopic (exact) mass is 340 g/mol. The van der Waals surface area contributed by atoms with Crippen LogP contribution in [0.2, 0.25) is 0 Å². The van der Waals surface area contributed by atoms with Gasteiger partial charge in [0.1, 0.15) is 28.2 Å². The fourth-order valence-electron chi connectivity index (χ4n) is 2.11. The van der Waals surface area contributed by atoms with Crippen molar-refractivity contribution in [3.05, 3.63) is 33.7 Å². The average Bonchev–Trinajstić information content (AvgIpc) is 2.47. The van der Waals surface area contributed by atoms with Gasteiger partial charge in [-0.05, 0) is 6.92 Å². The zero-order valence-corrected chi connectivity index (χ0v) is 13.3. The number of methoxy groups -OCH3 is 1. The van der Waals surface area contributed by atoms with E-state index in [-0.39, 0.29) is 33.7 Å². The summed E-state index contributed by atoms with van der Waals surface area (Å²) in [5, 5.41) is 28.3. The molecule has 3 N–H and O–H groups in total. The largest absolute Gasteiger partial charge is 0.507 e. The van der Waals surface area contributed by atoms with Crippen molar-refractivity contribution in [3.63, 3.8) is 0 Å². The highest BCUT2D eigenvalue weighted by Crippen LogP contribution is 2.37. The number of phenolic OH excluding ortho intramolecular Hbond substituents is 1. The summed E-state index contributed by atoms with van der Waals surface area (Å²) < 4.78 is 10.6. The van der Waals surface area contributed by atoms with Gasteiger partial charge in [0.2, 0.25) is 0 Å². The molecule has 1 aromatic heterocycles. The summed E-state index contributed by atoms with van der Waals surface area (Å²) in [6, 6.07) is 2.78. The average molecular weight is 340 g/mol. The molecule has 8 heteroatoms. The van der Waals surface area contributed by atoms with E-state index in [1.165, 1.54) is 19.2 Å². The van der Waals surface area contributed by atoms with Crippen molar-refractivity contribution in [2.75, 3.05) is 12.9 Å². The number of carbonyl (C=O) groups is 1. The molecule has 1 atom stereocenters. The Balaban J connectivity index is 2.41. The highest BCUT2D eigenvalue weighted by molar-refractivity contribution is 7.98. The third-order valence-electron chi connectivity index (χ3n) is 3.21. The van der Waals surface area contributed by atoms with Gasteiger partial charge in [0.15, 0.2) is 11.5 Å². The quantitative estimate of drug-likeness (QED) is 0.724. The van der Waals surface area contributed by atoms with Crippen LogP contribution < -0.4 is 10.2 Å². The zero-order valence-electron chi connectivity index (χ0n) is 12.5. The highest BCUT2D eigenvalue weighted by Gasteiger charge is 2.19. The lowest BCUT2D eigenvalue weighted by Gasteiger charge is -2.13. The maximum absolute atomic E-state index is 12.1. The van der Waals surface area contributed by atoms with Gasteiger partial charge in [-0.25, -0.2) is 4.79 Å². The van der Waals surface area contributed by atoms with Gasteiger partial charge in [-0.2, -0.15) is 11.8 Å². The van der Waals surface area contributed by atoms with Crippen molar-refractivity contribution in [3.8, 4) is 11.5 Å². The number of hydrogen-bond acceptors (Lipinski definition) is 7. The van der Waals surface area contributed by atoms with Crippen LogP contribution in [0.3, 0.4) is 0 Å². The summed E-state index contributed by atoms with van der Waals surface area (Å²) in [7, 11) is 1.41. The molecule has 2 aromatic rings. The van der Waals surface area contributed by atoms with Crippen molar-refractivity contribution in [1.29, 1.82) is 0 Å². The Kier molecular flexibility index (Phi) is 5.17. The van der Waals surface area contributed by atoms with E-state index in [2.05, 4.69) is 0 Å². The zero-order chi connectivity index (χ0) is 17.1. The lowest BCUT2D eigenvalue weighted by Crippen LogP contribution is -2.21. The van der Waals surface area contributed by atoms with Crippen LogP contribution in [-0.2, 0) is 10.5 Å². The van der Waals surface area contributed by atoms with E-state index < -0.39 is 12.1 Å². The maximum atomic E-state index is 12.1. The molecular weight excluding hydrogens is 324 g/mol. The Hall–Kier alpha value is -2.19. The minimum Gasteiger partial charge on any atom is -0.507 e. The number of carboxylic acids is 1. The van der Waals surface area contributed by atoms with E-state index in [0.29, 0.717) is 17.1 Å². The van der Waals surface area contributed by atoms with Crippen LogP contribution in [0.25, 0.3) is 11.0 Å². The smallest absolute Gasteiger partial charge is 0.333 e. The Morgan fingerprint density at radius 1 is 1.43 bits per heavy atom. The molecule has 124 valence electrons. The molecule has 0 radical (unpaired) electrons. The first-order valence-corrected chi connectivity index (χ1v) is 7.82. The third-order valence-corrected chi connectivity index (χ3v) is 4.25. The molecule has 1 heterocycles. The molecule has 0 amide bonds. The van der Waals surface area contributed by atoms with E-state index in [1.54, 1.807) is 6.92 Å². The van der Waals surface area contributed by atoms with Crippen LogP contribution in [-0.4, -0.2) is 40.3 Å². The predicted octanol–water partition coefficient (Wildman–Crippen LogP) is 1.49. The number of phenols is 1. The van der Waals surface area contributed by atoms with E-state index in [1.807, 2.05) is 0 Å². The van der Waals surface area contributed by atoms with E-state index in [0.717, 1.165) is 11.8 Å². The third kappa shape index (κ3) is 3.59. The molecule has 2 rings (SSSR count). The van der Waals surface area contributed by atoms with Crippen LogP contribution in [0, 0.1) is 6.92 Å². The number of aromatic hydroxyl groups is 1. The Morgan fingerprint density at radius 2 is 2.13 bits per heavy atom. The molecule has 0 fully saturated rings. The lowest BCUT2D eigenvalue weighted by atomic mass is 10.1. The fraction of sp³-hybridized carbons (Fsp3) is 0.333. The predicted molar refractivity (Wildman–Crippen MR) is 85.2 cm³/mol. The van der Waals surface area contributed by atoms with Crippen LogP contribution >= 0.6 is 11.8 Å². The van der Waals surface area contributed by atoms with Gasteiger partial charge in [-0.1, -0.05) is 0 Å². The molecular formula is C15H16O7S. The van der Waals surface area contributed by atoms with Gasteiger partial charge in [0.25, 0.3) is 0 Å². The maximum Gasteiger partial charge on any atom is 0.333 e. The number of aliphatic hydroxyl groups is 1. The number of ether oxygens (including phenoxy) is 1. The summed E-state index contributed by atoms with van der Waals surface area (Å²) >= 11 is 1.10. The van der Waals surface area contributed by atoms with Crippen LogP contribution in [0.5, 0.6) is 11.5 Å². The summed E-state index contributed by atoms with van der Waals surface area (Å²) in [4.78, 5) is 22.7. The summed E-state index contributed by atoms with van der Waals surface area (Å²) in [6.07, 6.45) is -1.50. The highest BCUT2D eigenvalue weighted by atomic mass is 32.2. The first-order valence-electron chi connectivity index (χ1n) is 6.67. The van der Waals surface area contributed by atoms with E-state index >= 15 is 0 Å². The fourth-order valence-corrected chi connectivity index (χ4v) is 3.07. The van der Waals surface area contributed by atoms with Crippen LogP contribution in [0.15, 0.2) is 21.3 Å². The summed E-state index contributed by atoms with van der Waals surface area (Å²) in [6.45, 7) is 1.63. The number of aliphatic carboxylic acids is 1. The molecule has 0 bridgehead atoms. The molecule has 7 nitrogen and oxygen atoms in total. The molecule has 0 unspecified atom stereocenters. The number of benzene rings is 1. The normalized spacial score (nSPS) is 12.3. The molecule has 1 aromatic carbocycles. The van der Waals surface area contributed by atoms with Gasteiger partial charge in [-0.15, -0.1) is 0 Å². The van der Waals surface area contributed by atoms with Gasteiger partial charge in [-0.3, -0.25) is 4.79 Å². The second kappa shape index (κ2) is 6.93. The van der Waals surface area contributed by atoms with Crippen molar-refractivity contribution >= 4 is 28.7 Å². The number of fused-ring (bicyclic) bond motifs is 1.